The number of allylic oxidation sites excluding steroid dienone is 1. The highest BCUT2D eigenvalue weighted by Gasteiger charge is 2.33. The number of nitrogens with one attached hydrogen (secondary N) is 2. The summed E-state index contributed by atoms with van der Waals surface area (Å²) in [4.78, 5) is 39.0. The summed E-state index contributed by atoms with van der Waals surface area (Å²) in [5.74, 6) is 0.686. The molecule has 0 fully saturated rings. The molecule has 0 bridgehead atoms. The maximum absolute atomic E-state index is 12.3. The van der Waals surface area contributed by atoms with Crippen LogP contribution in [0.25, 0.3) is 0 Å². The minimum absolute atomic E-state index is 0.251. The minimum Gasteiger partial charge on any atom is -0.305 e. The fourth-order valence-corrected chi connectivity index (χ4v) is 2.69. The van der Waals surface area contributed by atoms with Gasteiger partial charge in [0.2, 0.25) is 5.96 Å². The lowest BCUT2D eigenvalue weighted by Gasteiger charge is -2.34. The van der Waals surface area contributed by atoms with Gasteiger partial charge in [-0.1, -0.05) is 30.3 Å². The highest BCUT2D eigenvalue weighted by Crippen LogP contribution is 2.36. The first-order chi connectivity index (χ1) is 10.7. The lowest BCUT2D eigenvalue weighted by Crippen LogP contribution is -2.39. The molecule has 1 aromatic heterocycles. The molecule has 0 aliphatic carbocycles. The Labute approximate surface area is 124 Å². The summed E-state index contributed by atoms with van der Waals surface area (Å²) < 4.78 is 0. The first kappa shape index (κ1) is 12.5. The number of rotatable bonds is 1. The molecule has 108 valence electrons. The van der Waals surface area contributed by atoms with Crippen molar-refractivity contribution in [1.29, 1.82) is 0 Å². The van der Waals surface area contributed by atoms with E-state index in [0.717, 1.165) is 5.56 Å². The van der Waals surface area contributed by atoms with Gasteiger partial charge in [0.05, 0.1) is 11.6 Å². The molecule has 22 heavy (non-hydrogen) atoms. The van der Waals surface area contributed by atoms with Crippen LogP contribution in [0.3, 0.4) is 0 Å². The monoisotopic (exact) mass is 293 g/mol. The van der Waals surface area contributed by atoms with Crippen molar-refractivity contribution in [2.45, 2.75) is 6.04 Å². The third-order valence-electron chi connectivity index (χ3n) is 3.59. The predicted octanol–water partition coefficient (Wildman–Crippen LogP) is 1.05. The van der Waals surface area contributed by atoms with E-state index in [-0.39, 0.29) is 5.82 Å². The molecule has 1 unspecified atom stereocenters. The van der Waals surface area contributed by atoms with Crippen LogP contribution in [0.1, 0.15) is 17.2 Å². The minimum atomic E-state index is -0.580. The second-order valence-corrected chi connectivity index (χ2v) is 4.92. The maximum atomic E-state index is 12.3. The lowest BCUT2D eigenvalue weighted by molar-refractivity contribution is 0.451. The van der Waals surface area contributed by atoms with Crippen molar-refractivity contribution < 1.29 is 0 Å². The van der Waals surface area contributed by atoms with Gasteiger partial charge in [0.15, 0.2) is 0 Å². The van der Waals surface area contributed by atoms with E-state index in [0.29, 0.717) is 11.5 Å². The van der Waals surface area contributed by atoms with Crippen molar-refractivity contribution in [2.75, 3.05) is 0 Å². The Bertz CT molecular complexity index is 936. The number of aliphatic imine (C=N–C) groups is 2. The van der Waals surface area contributed by atoms with Crippen molar-refractivity contribution in [3.8, 4) is 0 Å². The molecular weight excluding hydrogens is 282 g/mol. The summed E-state index contributed by atoms with van der Waals surface area (Å²) in [6.07, 6.45) is 5.21. The molecular formula is C15H11N5O2. The van der Waals surface area contributed by atoms with Gasteiger partial charge in [-0.25, -0.2) is 9.79 Å². The molecule has 4 rings (SSSR count). The number of hydrogen-bond donors (Lipinski definition) is 2. The molecule has 2 aromatic rings. The summed E-state index contributed by atoms with van der Waals surface area (Å²) >= 11 is 0. The molecule has 2 N–H and O–H groups in total. The highest BCUT2D eigenvalue weighted by atomic mass is 16.2. The van der Waals surface area contributed by atoms with E-state index in [9.17, 15) is 9.59 Å². The van der Waals surface area contributed by atoms with Gasteiger partial charge in [-0.2, -0.15) is 4.99 Å². The molecule has 1 atom stereocenters. The van der Waals surface area contributed by atoms with Gasteiger partial charge in [0.1, 0.15) is 5.82 Å². The van der Waals surface area contributed by atoms with Crippen molar-refractivity contribution in [3.63, 3.8) is 0 Å². The summed E-state index contributed by atoms with van der Waals surface area (Å²) in [5.41, 5.74) is 0.286. The van der Waals surface area contributed by atoms with E-state index >= 15 is 0 Å². The van der Waals surface area contributed by atoms with E-state index in [4.69, 9.17) is 0 Å². The van der Waals surface area contributed by atoms with E-state index in [1.165, 1.54) is 0 Å². The highest BCUT2D eigenvalue weighted by molar-refractivity contribution is 5.97. The largest absolute Gasteiger partial charge is 0.327 e. The van der Waals surface area contributed by atoms with Crippen LogP contribution in [-0.2, 0) is 0 Å². The van der Waals surface area contributed by atoms with Crippen LogP contribution >= 0.6 is 0 Å². The Morgan fingerprint density at radius 1 is 1.09 bits per heavy atom. The molecule has 0 saturated heterocycles. The number of aromatic nitrogens is 2. The van der Waals surface area contributed by atoms with Crippen molar-refractivity contribution in [1.82, 2.24) is 14.9 Å². The summed E-state index contributed by atoms with van der Waals surface area (Å²) in [6, 6.07) is 9.16. The molecule has 0 spiro atoms. The van der Waals surface area contributed by atoms with E-state index < -0.39 is 17.3 Å². The van der Waals surface area contributed by atoms with Gasteiger partial charge in [0, 0.05) is 12.4 Å². The van der Waals surface area contributed by atoms with Crippen LogP contribution in [0.5, 0.6) is 0 Å². The zero-order valence-corrected chi connectivity index (χ0v) is 11.4. The molecule has 7 nitrogen and oxygen atoms in total. The van der Waals surface area contributed by atoms with E-state index in [1.54, 1.807) is 12.3 Å². The van der Waals surface area contributed by atoms with Crippen LogP contribution in [-0.4, -0.2) is 27.0 Å². The van der Waals surface area contributed by atoms with Gasteiger partial charge in [-0.15, -0.1) is 0 Å². The number of guanidine groups is 1. The van der Waals surface area contributed by atoms with Crippen molar-refractivity contribution >= 4 is 18.0 Å². The first-order valence-electron chi connectivity index (χ1n) is 6.73. The molecule has 1 aromatic carbocycles. The zero-order chi connectivity index (χ0) is 15.1. The van der Waals surface area contributed by atoms with Crippen LogP contribution in [0.2, 0.25) is 0 Å². The Kier molecular flexibility index (Phi) is 2.65. The summed E-state index contributed by atoms with van der Waals surface area (Å²) in [6.45, 7) is 0. The Hall–Kier alpha value is -3.22. The Morgan fingerprint density at radius 3 is 2.73 bits per heavy atom. The smallest absolute Gasteiger partial charge is 0.305 e. The first-order valence-corrected chi connectivity index (χ1v) is 6.73. The van der Waals surface area contributed by atoms with E-state index in [2.05, 4.69) is 20.0 Å². The van der Waals surface area contributed by atoms with E-state index in [1.807, 2.05) is 41.4 Å². The number of H-pyrrole nitrogens is 2. The fraction of sp³-hybridized carbons (Fsp3) is 0.0667. The lowest BCUT2D eigenvalue weighted by atomic mass is 9.97. The van der Waals surface area contributed by atoms with Gasteiger partial charge in [-0.3, -0.25) is 14.8 Å². The second-order valence-electron chi connectivity index (χ2n) is 4.92. The molecule has 2 aliphatic rings. The Morgan fingerprint density at radius 2 is 1.91 bits per heavy atom. The predicted molar refractivity (Wildman–Crippen MR) is 82.5 cm³/mol. The SMILES string of the molecule is O=c1[nH]c2c(c(=O)[nH]1)C(c1ccccc1)N1C=CC=NC1=N2. The molecule has 2 aliphatic heterocycles. The molecule has 3 heterocycles. The molecule has 0 saturated carbocycles. The van der Waals surface area contributed by atoms with Crippen LogP contribution in [0.15, 0.2) is 62.2 Å². The topological polar surface area (TPSA) is 93.7 Å². The number of aromatic amines is 2. The average molecular weight is 293 g/mol. The summed E-state index contributed by atoms with van der Waals surface area (Å²) in [7, 11) is 0. The number of hydrogen-bond acceptors (Lipinski definition) is 5. The summed E-state index contributed by atoms with van der Waals surface area (Å²) in [5, 5.41) is 0. The molecule has 7 heteroatoms. The van der Waals surface area contributed by atoms with Crippen LogP contribution in [0, 0.1) is 0 Å². The Balaban J connectivity index is 2.03. The molecule has 0 radical (unpaired) electrons. The third kappa shape index (κ3) is 1.83. The number of nitrogens with zero attached hydrogens (tertiary/aromatic N) is 3. The fourth-order valence-electron chi connectivity index (χ4n) is 2.69. The van der Waals surface area contributed by atoms with Gasteiger partial charge >= 0.3 is 5.69 Å². The van der Waals surface area contributed by atoms with Gasteiger partial charge in [-0.05, 0) is 11.6 Å². The number of fused-ring (bicyclic) bond motifs is 2. The van der Waals surface area contributed by atoms with Crippen LogP contribution < -0.4 is 11.2 Å². The quantitative estimate of drug-likeness (QED) is 0.823. The number of benzene rings is 1. The molecule has 0 amide bonds. The van der Waals surface area contributed by atoms with Crippen molar-refractivity contribution in [2.24, 2.45) is 9.98 Å². The third-order valence-corrected chi connectivity index (χ3v) is 3.59. The zero-order valence-electron chi connectivity index (χ0n) is 11.4. The standard InChI is InChI=1S/C15H11N5O2/c21-13-10-11(9-5-2-1-3-6-9)20-8-4-7-16-14(20)17-12(10)18-15(22)19-13/h1-8,11H,(H2,18,19,21,22). The maximum Gasteiger partial charge on any atom is 0.327 e. The van der Waals surface area contributed by atoms with Gasteiger partial charge < -0.3 is 4.90 Å². The average Bonchev–Trinajstić information content (AvgIpc) is 2.53. The van der Waals surface area contributed by atoms with Gasteiger partial charge in [0.25, 0.3) is 5.56 Å². The second kappa shape index (κ2) is 4.66. The van der Waals surface area contributed by atoms with Crippen molar-refractivity contribution in [3.05, 3.63) is 74.6 Å². The normalized spacial score (nSPS) is 18.6. The van der Waals surface area contributed by atoms with Crippen LogP contribution in [0.4, 0.5) is 5.82 Å².